The topological polar surface area (TPSA) is 107 Å². The lowest BCUT2D eigenvalue weighted by atomic mass is 9.91. The van der Waals surface area contributed by atoms with Crippen molar-refractivity contribution >= 4 is 22.6 Å². The summed E-state index contributed by atoms with van der Waals surface area (Å²) in [6.45, 7) is -2.03. The summed E-state index contributed by atoms with van der Waals surface area (Å²) in [7, 11) is 0. The molecule has 1 aromatic carbocycles. The van der Waals surface area contributed by atoms with Crippen LogP contribution in [-0.2, 0) is 4.74 Å². The Balaban J connectivity index is 1.76. The lowest BCUT2D eigenvalue weighted by Gasteiger charge is -2.28. The summed E-state index contributed by atoms with van der Waals surface area (Å²) in [6, 6.07) is 0.729. The summed E-state index contributed by atoms with van der Waals surface area (Å²) in [5.74, 6) is -2.88. The largest absolute Gasteiger partial charge is 0.477 e. The molecular weight excluding hydrogens is 431 g/mol. The normalized spacial score (nSPS) is 25.0. The zero-order valence-electron chi connectivity index (χ0n) is 17.0. The third kappa shape index (κ3) is 3.14. The van der Waals surface area contributed by atoms with E-state index < -0.39 is 40.7 Å². The van der Waals surface area contributed by atoms with E-state index in [1.807, 2.05) is 0 Å². The average Bonchev–Trinajstić information content (AvgIpc) is 3.40. The van der Waals surface area contributed by atoms with Crippen LogP contribution in [0.5, 0.6) is 5.75 Å². The maximum Gasteiger partial charge on any atom is 0.387 e. The van der Waals surface area contributed by atoms with Crippen molar-refractivity contribution in [3.05, 3.63) is 33.9 Å². The Bertz CT molecular complexity index is 1170. The summed E-state index contributed by atoms with van der Waals surface area (Å²) < 4.78 is 54.5. The highest BCUT2D eigenvalue weighted by Crippen LogP contribution is 2.48. The van der Waals surface area contributed by atoms with Crippen LogP contribution >= 0.6 is 0 Å². The molecule has 5 rings (SSSR count). The molecule has 0 amide bonds. The molecule has 3 fully saturated rings. The van der Waals surface area contributed by atoms with Crippen molar-refractivity contribution in [1.29, 1.82) is 0 Å². The van der Waals surface area contributed by atoms with Crippen LogP contribution in [0.2, 0.25) is 0 Å². The Morgan fingerprint density at radius 2 is 2.12 bits per heavy atom. The lowest BCUT2D eigenvalue weighted by Crippen LogP contribution is -2.44. The fourth-order valence-electron chi connectivity index (χ4n) is 5.06. The Labute approximate surface area is 180 Å². The van der Waals surface area contributed by atoms with E-state index in [9.17, 15) is 23.5 Å². The van der Waals surface area contributed by atoms with E-state index in [4.69, 9.17) is 15.2 Å². The first kappa shape index (κ1) is 21.1. The first-order valence-electron chi connectivity index (χ1n) is 10.4. The van der Waals surface area contributed by atoms with E-state index in [2.05, 4.69) is 0 Å². The Hall–Kier alpha value is -2.79. The molecule has 1 saturated carbocycles. The van der Waals surface area contributed by atoms with Crippen molar-refractivity contribution in [3.8, 4) is 5.75 Å². The third-order valence-corrected chi connectivity index (χ3v) is 6.74. The van der Waals surface area contributed by atoms with Gasteiger partial charge in [-0.05, 0) is 25.3 Å². The van der Waals surface area contributed by atoms with Crippen LogP contribution in [0, 0.1) is 11.7 Å². The number of alkyl halides is 2. The molecule has 3 heterocycles. The smallest absolute Gasteiger partial charge is 0.387 e. The fraction of sp³-hybridized carbons (Fsp3) is 0.524. The quantitative estimate of drug-likeness (QED) is 0.691. The highest BCUT2D eigenvalue weighted by molar-refractivity contribution is 5.97. The molecule has 2 saturated heterocycles. The van der Waals surface area contributed by atoms with Gasteiger partial charge in [0.25, 0.3) is 0 Å². The van der Waals surface area contributed by atoms with Gasteiger partial charge in [-0.25, -0.2) is 9.18 Å². The molecule has 0 spiro atoms. The first-order valence-corrected chi connectivity index (χ1v) is 10.4. The van der Waals surface area contributed by atoms with Crippen molar-refractivity contribution < 1.29 is 32.5 Å². The molecule has 2 aromatic rings. The minimum absolute atomic E-state index is 0.00186. The van der Waals surface area contributed by atoms with Crippen LogP contribution in [0.15, 0.2) is 17.1 Å². The summed E-state index contributed by atoms with van der Waals surface area (Å²) in [4.78, 5) is 25.9. The van der Waals surface area contributed by atoms with Crippen LogP contribution in [0.4, 0.5) is 18.9 Å². The number of rotatable bonds is 6. The number of aromatic nitrogens is 1. The fourth-order valence-corrected chi connectivity index (χ4v) is 5.06. The van der Waals surface area contributed by atoms with Crippen molar-refractivity contribution in [2.45, 2.75) is 37.5 Å². The summed E-state index contributed by atoms with van der Waals surface area (Å²) in [5.41, 5.74) is 3.51. The van der Waals surface area contributed by atoms with E-state index in [1.54, 1.807) is 4.90 Å². The van der Waals surface area contributed by atoms with Crippen molar-refractivity contribution in [3.63, 3.8) is 0 Å². The molecule has 3 aliphatic rings. The summed E-state index contributed by atoms with van der Waals surface area (Å²) in [6.07, 6.45) is 3.19. The zero-order valence-corrected chi connectivity index (χ0v) is 17.0. The number of halogens is 3. The molecule has 32 heavy (non-hydrogen) atoms. The van der Waals surface area contributed by atoms with Gasteiger partial charge in [0.15, 0.2) is 11.6 Å². The second-order valence-corrected chi connectivity index (χ2v) is 8.61. The second-order valence-electron chi connectivity index (χ2n) is 8.61. The number of pyridine rings is 1. The number of carboxylic acids is 1. The number of nitrogens with two attached hydrogens (primary N) is 1. The van der Waals surface area contributed by atoms with Crippen LogP contribution in [0.25, 0.3) is 10.9 Å². The van der Waals surface area contributed by atoms with Gasteiger partial charge in [-0.3, -0.25) is 4.79 Å². The molecule has 1 aromatic heterocycles. The molecule has 0 radical (unpaired) electrons. The molecule has 3 N–H and O–H groups in total. The van der Waals surface area contributed by atoms with Crippen molar-refractivity contribution in [2.24, 2.45) is 11.7 Å². The van der Waals surface area contributed by atoms with Gasteiger partial charge in [-0.2, -0.15) is 8.78 Å². The van der Waals surface area contributed by atoms with E-state index in [0.717, 1.165) is 12.3 Å². The Morgan fingerprint density at radius 1 is 1.38 bits per heavy atom. The van der Waals surface area contributed by atoms with Crippen molar-refractivity contribution in [1.82, 2.24) is 4.57 Å². The minimum Gasteiger partial charge on any atom is -0.477 e. The maximum atomic E-state index is 15.4. The second kappa shape index (κ2) is 7.38. The average molecular weight is 453 g/mol. The number of carboxylic acid groups (broad SMARTS) is 1. The van der Waals surface area contributed by atoms with Gasteiger partial charge in [-0.15, -0.1) is 0 Å². The van der Waals surface area contributed by atoms with Gasteiger partial charge < -0.3 is 29.8 Å². The monoisotopic (exact) mass is 453 g/mol. The number of nitrogens with zero attached hydrogens (tertiary/aromatic N) is 2. The number of carbonyl (C=O) groups is 1. The van der Waals surface area contributed by atoms with Crippen LogP contribution < -0.4 is 20.8 Å². The van der Waals surface area contributed by atoms with E-state index >= 15 is 4.39 Å². The highest BCUT2D eigenvalue weighted by Gasteiger charge is 2.51. The number of fused-ring (bicyclic) bond motifs is 2. The lowest BCUT2D eigenvalue weighted by molar-refractivity contribution is -0.0488. The van der Waals surface area contributed by atoms with Gasteiger partial charge in [-0.1, -0.05) is 0 Å². The van der Waals surface area contributed by atoms with Gasteiger partial charge in [0.05, 0.1) is 10.9 Å². The number of ether oxygens (including phenoxy) is 2. The predicted molar refractivity (Wildman–Crippen MR) is 108 cm³/mol. The van der Waals surface area contributed by atoms with Gasteiger partial charge in [0.2, 0.25) is 5.43 Å². The molecule has 1 aliphatic carbocycles. The Kier molecular flexibility index (Phi) is 4.86. The zero-order chi connectivity index (χ0) is 22.8. The summed E-state index contributed by atoms with van der Waals surface area (Å²) >= 11 is 0. The third-order valence-electron chi connectivity index (χ3n) is 6.74. The van der Waals surface area contributed by atoms with Crippen molar-refractivity contribution in [2.75, 3.05) is 31.1 Å². The SMILES string of the molecule is NC[C@]12CN(c3c(F)cc4c(=O)c(C(=O)O)cn(C5CC5)c4c3OC(F)F)CC1CCO2. The van der Waals surface area contributed by atoms with E-state index in [0.29, 0.717) is 32.4 Å². The number of hydrogen-bond acceptors (Lipinski definition) is 6. The minimum atomic E-state index is -3.28. The Morgan fingerprint density at radius 3 is 2.72 bits per heavy atom. The van der Waals surface area contributed by atoms with Gasteiger partial charge in [0, 0.05) is 44.4 Å². The standard InChI is InChI=1S/C21H22F3N3O5/c22-14-5-12-15(27(11-1-2-11)7-13(17(12)28)19(29)30)18(32-20(23)24)16(14)26-6-10-3-4-31-21(10,8-25)9-26/h5,7,10-11,20H,1-4,6,8-9,25H2,(H,29,30)/t10?,21-/m0/s1. The van der Waals surface area contributed by atoms with Gasteiger partial charge in [0.1, 0.15) is 16.9 Å². The van der Waals surface area contributed by atoms with Crippen LogP contribution in [0.1, 0.15) is 35.7 Å². The number of anilines is 1. The number of benzene rings is 1. The summed E-state index contributed by atoms with van der Waals surface area (Å²) in [5, 5.41) is 9.11. The molecule has 11 heteroatoms. The van der Waals surface area contributed by atoms with Gasteiger partial charge >= 0.3 is 12.6 Å². The maximum absolute atomic E-state index is 15.4. The molecule has 1 unspecified atom stereocenters. The molecule has 172 valence electrons. The number of aromatic carboxylic acids is 1. The molecule has 2 aliphatic heterocycles. The van der Waals surface area contributed by atoms with E-state index in [-0.39, 0.29) is 41.6 Å². The molecule has 2 atom stereocenters. The molecule has 8 nitrogen and oxygen atoms in total. The first-order chi connectivity index (χ1) is 15.3. The van der Waals surface area contributed by atoms with Crippen LogP contribution in [-0.4, -0.2) is 54.1 Å². The number of hydrogen-bond donors (Lipinski definition) is 2. The van der Waals surface area contributed by atoms with E-state index in [1.165, 1.54) is 4.57 Å². The molecule has 0 bridgehead atoms. The predicted octanol–water partition coefficient (Wildman–Crippen LogP) is 2.33. The highest BCUT2D eigenvalue weighted by atomic mass is 19.3. The van der Waals surface area contributed by atoms with Crippen LogP contribution in [0.3, 0.4) is 0 Å². The molecular formula is C21H22F3N3O5.